The van der Waals surface area contributed by atoms with Crippen LogP contribution in [0.25, 0.3) is 0 Å². The van der Waals surface area contributed by atoms with E-state index in [1.54, 1.807) is 0 Å². The lowest BCUT2D eigenvalue weighted by atomic mass is 10.2. The summed E-state index contributed by atoms with van der Waals surface area (Å²) in [5.74, 6) is -1.21. The minimum absolute atomic E-state index is 0.0863. The Labute approximate surface area is 84.1 Å². The van der Waals surface area contributed by atoms with E-state index in [1.165, 1.54) is 19.9 Å². The van der Waals surface area contributed by atoms with Crippen molar-refractivity contribution in [3.05, 3.63) is 23.0 Å². The van der Waals surface area contributed by atoms with Crippen molar-refractivity contribution in [3.8, 4) is 0 Å². The highest BCUT2D eigenvalue weighted by atomic mass is 19.4. The second kappa shape index (κ2) is 3.60. The molecule has 1 aromatic rings. The van der Waals surface area contributed by atoms with Crippen LogP contribution in [0.1, 0.15) is 21.7 Å². The van der Waals surface area contributed by atoms with Gasteiger partial charge in [-0.05, 0) is 19.9 Å². The Bertz CT molecular complexity index is 393. The average Bonchev–Trinajstić information content (AvgIpc) is 2.29. The number of aryl methyl sites for hydroxylation is 1. The summed E-state index contributed by atoms with van der Waals surface area (Å²) in [7, 11) is 0. The molecule has 0 aliphatic rings. The van der Waals surface area contributed by atoms with Gasteiger partial charge in [-0.15, -0.1) is 0 Å². The van der Waals surface area contributed by atoms with Crippen molar-refractivity contribution >= 4 is 5.97 Å². The molecule has 0 aliphatic carbocycles. The number of carboxylic acids is 1. The topological polar surface area (TPSA) is 42.2 Å². The first kappa shape index (κ1) is 11.6. The van der Waals surface area contributed by atoms with Crippen LogP contribution in [0.3, 0.4) is 0 Å². The van der Waals surface area contributed by atoms with Crippen molar-refractivity contribution in [2.45, 2.75) is 26.6 Å². The van der Waals surface area contributed by atoms with Crippen LogP contribution < -0.4 is 0 Å². The van der Waals surface area contributed by atoms with Crippen molar-refractivity contribution in [2.24, 2.45) is 0 Å². The summed E-state index contributed by atoms with van der Waals surface area (Å²) in [5, 5.41) is 8.71. The molecule has 0 saturated carbocycles. The van der Waals surface area contributed by atoms with Crippen molar-refractivity contribution < 1.29 is 23.1 Å². The Morgan fingerprint density at radius 3 is 2.33 bits per heavy atom. The van der Waals surface area contributed by atoms with E-state index in [-0.39, 0.29) is 11.3 Å². The van der Waals surface area contributed by atoms with Gasteiger partial charge in [-0.25, -0.2) is 4.79 Å². The molecule has 0 amide bonds. The van der Waals surface area contributed by atoms with Crippen LogP contribution in [0, 0.1) is 13.8 Å². The van der Waals surface area contributed by atoms with Crippen LogP contribution in [0.2, 0.25) is 0 Å². The number of nitrogens with zero attached hydrogens (tertiary/aromatic N) is 1. The maximum absolute atomic E-state index is 12.1. The van der Waals surface area contributed by atoms with Crippen LogP contribution in [0.15, 0.2) is 6.07 Å². The van der Waals surface area contributed by atoms with Crippen LogP contribution in [0.4, 0.5) is 13.2 Å². The zero-order valence-corrected chi connectivity index (χ0v) is 8.22. The van der Waals surface area contributed by atoms with Crippen molar-refractivity contribution in [1.82, 2.24) is 4.57 Å². The number of rotatable bonds is 2. The number of hydrogen-bond donors (Lipinski definition) is 1. The quantitative estimate of drug-likeness (QED) is 0.832. The molecule has 1 N–H and O–H groups in total. The molecular weight excluding hydrogens is 211 g/mol. The summed E-state index contributed by atoms with van der Waals surface area (Å²) in [6.45, 7) is 1.66. The molecule has 3 nitrogen and oxygen atoms in total. The Morgan fingerprint density at radius 2 is 2.00 bits per heavy atom. The van der Waals surface area contributed by atoms with Gasteiger partial charge in [-0.3, -0.25) is 0 Å². The summed E-state index contributed by atoms with van der Waals surface area (Å²) in [5.41, 5.74) is 0.330. The molecule has 0 aromatic carbocycles. The lowest BCUT2D eigenvalue weighted by Crippen LogP contribution is -2.19. The highest BCUT2D eigenvalue weighted by molar-refractivity contribution is 5.89. The second-order valence-electron chi connectivity index (χ2n) is 3.29. The molecule has 0 spiro atoms. The van der Waals surface area contributed by atoms with E-state index in [0.29, 0.717) is 5.69 Å². The maximum Gasteiger partial charge on any atom is 0.406 e. The predicted molar refractivity (Wildman–Crippen MR) is 46.9 cm³/mol. The summed E-state index contributed by atoms with van der Waals surface area (Å²) in [6.07, 6.45) is -4.34. The number of alkyl halides is 3. The molecule has 1 rings (SSSR count). The molecular formula is C9H10F3NO2. The fourth-order valence-electron chi connectivity index (χ4n) is 1.44. The predicted octanol–water partition coefficient (Wildman–Crippen LogP) is 2.37. The zero-order valence-electron chi connectivity index (χ0n) is 8.22. The minimum Gasteiger partial charge on any atom is -0.478 e. The van der Waals surface area contributed by atoms with Gasteiger partial charge in [0.15, 0.2) is 0 Å². The number of hydrogen-bond acceptors (Lipinski definition) is 1. The van der Waals surface area contributed by atoms with E-state index < -0.39 is 18.7 Å². The minimum atomic E-state index is -4.34. The molecule has 0 bridgehead atoms. The van der Waals surface area contributed by atoms with Gasteiger partial charge in [0, 0.05) is 11.4 Å². The lowest BCUT2D eigenvalue weighted by molar-refractivity contribution is -0.141. The third kappa shape index (κ3) is 2.51. The van der Waals surface area contributed by atoms with E-state index in [2.05, 4.69) is 0 Å². The molecule has 0 aliphatic heterocycles. The standard InChI is InChI=1S/C9H10F3NO2/c1-5-3-7(8(14)15)6(2)13(5)4-9(10,11)12/h3H,4H2,1-2H3,(H,14,15). The van der Waals surface area contributed by atoms with Crippen LogP contribution in [-0.2, 0) is 6.54 Å². The van der Waals surface area contributed by atoms with E-state index in [9.17, 15) is 18.0 Å². The first-order valence-corrected chi connectivity index (χ1v) is 4.19. The fourth-order valence-corrected chi connectivity index (χ4v) is 1.44. The van der Waals surface area contributed by atoms with Crippen LogP contribution >= 0.6 is 0 Å². The number of aromatic nitrogens is 1. The summed E-state index contributed by atoms with van der Waals surface area (Å²) < 4.78 is 37.4. The number of aromatic carboxylic acids is 1. The Balaban J connectivity index is 3.14. The van der Waals surface area contributed by atoms with Crippen LogP contribution in [-0.4, -0.2) is 21.8 Å². The molecule has 0 unspecified atom stereocenters. The van der Waals surface area contributed by atoms with E-state index >= 15 is 0 Å². The Hall–Kier alpha value is -1.46. The van der Waals surface area contributed by atoms with Crippen molar-refractivity contribution in [2.75, 3.05) is 0 Å². The number of carbonyl (C=O) groups is 1. The van der Waals surface area contributed by atoms with Gasteiger partial charge < -0.3 is 9.67 Å². The maximum atomic E-state index is 12.1. The highest BCUT2D eigenvalue weighted by Gasteiger charge is 2.30. The molecule has 6 heteroatoms. The molecule has 15 heavy (non-hydrogen) atoms. The van der Waals surface area contributed by atoms with Gasteiger partial charge in [0.2, 0.25) is 0 Å². The zero-order chi connectivity index (χ0) is 11.8. The van der Waals surface area contributed by atoms with Gasteiger partial charge in [0.25, 0.3) is 0 Å². The van der Waals surface area contributed by atoms with Crippen molar-refractivity contribution in [3.63, 3.8) is 0 Å². The Kier molecular flexibility index (Phi) is 2.79. The van der Waals surface area contributed by atoms with Crippen molar-refractivity contribution in [1.29, 1.82) is 0 Å². The molecule has 84 valence electrons. The van der Waals surface area contributed by atoms with E-state index in [0.717, 1.165) is 4.57 Å². The lowest BCUT2D eigenvalue weighted by Gasteiger charge is -2.11. The molecule has 1 aromatic heterocycles. The third-order valence-electron chi connectivity index (χ3n) is 2.14. The first-order chi connectivity index (χ1) is 6.72. The van der Waals surface area contributed by atoms with Gasteiger partial charge in [-0.2, -0.15) is 13.2 Å². The van der Waals surface area contributed by atoms with Crippen LogP contribution in [0.5, 0.6) is 0 Å². The second-order valence-corrected chi connectivity index (χ2v) is 3.29. The Morgan fingerprint density at radius 1 is 1.47 bits per heavy atom. The smallest absolute Gasteiger partial charge is 0.406 e. The molecule has 0 saturated heterocycles. The average molecular weight is 221 g/mol. The summed E-state index contributed by atoms with van der Waals surface area (Å²) >= 11 is 0. The normalized spacial score (nSPS) is 11.8. The largest absolute Gasteiger partial charge is 0.478 e. The first-order valence-electron chi connectivity index (χ1n) is 4.19. The molecule has 1 heterocycles. The highest BCUT2D eigenvalue weighted by Crippen LogP contribution is 2.22. The SMILES string of the molecule is Cc1cc(C(=O)O)c(C)n1CC(F)(F)F. The van der Waals surface area contributed by atoms with E-state index in [1.807, 2.05) is 0 Å². The number of carboxylic acid groups (broad SMARTS) is 1. The summed E-state index contributed by atoms with van der Waals surface area (Å²) in [4.78, 5) is 10.7. The van der Waals surface area contributed by atoms with Gasteiger partial charge in [0.05, 0.1) is 5.56 Å². The van der Waals surface area contributed by atoms with Gasteiger partial charge in [0.1, 0.15) is 6.54 Å². The van der Waals surface area contributed by atoms with E-state index in [4.69, 9.17) is 5.11 Å². The third-order valence-corrected chi connectivity index (χ3v) is 2.14. The molecule has 0 fully saturated rings. The number of halogens is 3. The van der Waals surface area contributed by atoms with Gasteiger partial charge in [-0.1, -0.05) is 0 Å². The van der Waals surface area contributed by atoms with Gasteiger partial charge >= 0.3 is 12.1 Å². The summed E-state index contributed by atoms with van der Waals surface area (Å²) in [6, 6.07) is 1.24. The molecule has 0 atom stereocenters. The monoisotopic (exact) mass is 221 g/mol. The molecule has 0 radical (unpaired) electrons. The fraction of sp³-hybridized carbons (Fsp3) is 0.444.